The lowest BCUT2D eigenvalue weighted by Gasteiger charge is -2.17. The Morgan fingerprint density at radius 1 is 0.857 bits per heavy atom. The summed E-state index contributed by atoms with van der Waals surface area (Å²) >= 11 is 0. The molecule has 21 heavy (non-hydrogen) atoms. The summed E-state index contributed by atoms with van der Waals surface area (Å²) in [5.41, 5.74) is 2.73. The van der Waals surface area contributed by atoms with Gasteiger partial charge in [0.2, 0.25) is 0 Å². The van der Waals surface area contributed by atoms with Crippen LogP contribution in [-0.2, 0) is 9.53 Å². The fourth-order valence-corrected chi connectivity index (χ4v) is 2.10. The zero-order valence-corrected chi connectivity index (χ0v) is 11.4. The molecular weight excluding hydrogens is 264 g/mol. The summed E-state index contributed by atoms with van der Waals surface area (Å²) in [7, 11) is 0. The van der Waals surface area contributed by atoms with Crippen molar-refractivity contribution in [3.63, 3.8) is 0 Å². The second kappa shape index (κ2) is 6.24. The van der Waals surface area contributed by atoms with Crippen LogP contribution in [0.25, 0.3) is 12.2 Å². The number of ketones is 1. The van der Waals surface area contributed by atoms with Gasteiger partial charge in [0, 0.05) is 23.5 Å². The number of hydrogen-bond acceptors (Lipinski definition) is 4. The Bertz CT molecular complexity index is 632. The minimum atomic E-state index is -0.00226. The van der Waals surface area contributed by atoms with Gasteiger partial charge in [-0.2, -0.15) is 0 Å². The summed E-state index contributed by atoms with van der Waals surface area (Å²) in [5.74, 6) is -0.00226. The molecule has 3 rings (SSSR count). The molecule has 0 unspecified atom stereocenters. The summed E-state index contributed by atoms with van der Waals surface area (Å²) in [6.07, 6.45) is 6.94. The summed E-state index contributed by atoms with van der Waals surface area (Å²) in [6, 6.07) is 11.2. The van der Waals surface area contributed by atoms with E-state index in [9.17, 15) is 4.79 Å². The monoisotopic (exact) mass is 278 g/mol. The van der Waals surface area contributed by atoms with Crippen LogP contribution in [0.3, 0.4) is 0 Å². The highest BCUT2D eigenvalue weighted by Crippen LogP contribution is 2.18. The fraction of sp³-hybridized carbons (Fsp3) is 0.118. The molecule has 4 heteroatoms. The van der Waals surface area contributed by atoms with E-state index in [0.29, 0.717) is 24.4 Å². The van der Waals surface area contributed by atoms with E-state index in [1.54, 1.807) is 24.5 Å². The molecule has 0 bridgehead atoms. The third kappa shape index (κ3) is 3.30. The second-order valence-corrected chi connectivity index (χ2v) is 4.67. The minimum absolute atomic E-state index is 0.00226. The first-order valence-corrected chi connectivity index (χ1v) is 6.68. The summed E-state index contributed by atoms with van der Waals surface area (Å²) < 4.78 is 5.50. The van der Waals surface area contributed by atoms with Gasteiger partial charge >= 0.3 is 0 Å². The molecule has 0 atom stereocenters. The quantitative estimate of drug-likeness (QED) is 0.792. The van der Waals surface area contributed by atoms with Gasteiger partial charge in [0.25, 0.3) is 0 Å². The van der Waals surface area contributed by atoms with Crippen LogP contribution in [0, 0.1) is 0 Å². The SMILES string of the molecule is O=C1C(=Cc2ccccn2)COCC1=Cc1ccccn1. The highest BCUT2D eigenvalue weighted by molar-refractivity contribution is 6.14. The smallest absolute Gasteiger partial charge is 0.189 e. The number of carbonyl (C=O) groups is 1. The molecule has 1 aliphatic rings. The molecular formula is C17H14N2O2. The molecule has 0 N–H and O–H groups in total. The van der Waals surface area contributed by atoms with E-state index in [4.69, 9.17) is 4.74 Å². The Morgan fingerprint density at radius 3 is 1.81 bits per heavy atom. The molecule has 3 heterocycles. The highest BCUT2D eigenvalue weighted by atomic mass is 16.5. The van der Waals surface area contributed by atoms with Crippen LogP contribution in [0.15, 0.2) is 59.9 Å². The van der Waals surface area contributed by atoms with Crippen molar-refractivity contribution in [3.05, 3.63) is 71.3 Å². The predicted octanol–water partition coefficient (Wildman–Crippen LogP) is 2.54. The third-order valence-electron chi connectivity index (χ3n) is 3.12. The predicted molar refractivity (Wildman–Crippen MR) is 80.3 cm³/mol. The molecule has 1 saturated heterocycles. The average molecular weight is 278 g/mol. The summed E-state index contributed by atoms with van der Waals surface area (Å²) in [6.45, 7) is 0.629. The van der Waals surface area contributed by atoms with E-state index in [1.165, 1.54) is 0 Å². The van der Waals surface area contributed by atoms with Crippen molar-refractivity contribution in [2.45, 2.75) is 0 Å². The van der Waals surface area contributed by atoms with Crippen molar-refractivity contribution < 1.29 is 9.53 Å². The largest absolute Gasteiger partial charge is 0.372 e. The van der Waals surface area contributed by atoms with Gasteiger partial charge in [-0.15, -0.1) is 0 Å². The van der Waals surface area contributed by atoms with Crippen molar-refractivity contribution in [1.82, 2.24) is 9.97 Å². The van der Waals surface area contributed by atoms with Gasteiger partial charge in [-0.3, -0.25) is 14.8 Å². The molecule has 0 saturated carbocycles. The van der Waals surface area contributed by atoms with Crippen molar-refractivity contribution in [2.24, 2.45) is 0 Å². The third-order valence-corrected chi connectivity index (χ3v) is 3.12. The number of pyridine rings is 2. The minimum Gasteiger partial charge on any atom is -0.372 e. The maximum atomic E-state index is 12.5. The Hall–Kier alpha value is -2.59. The molecule has 104 valence electrons. The molecule has 1 aliphatic heterocycles. The maximum absolute atomic E-state index is 12.5. The van der Waals surface area contributed by atoms with Gasteiger partial charge in [-0.1, -0.05) is 12.1 Å². The maximum Gasteiger partial charge on any atom is 0.189 e. The zero-order chi connectivity index (χ0) is 14.5. The number of Topliss-reactive ketones (excluding diaryl/α,β-unsaturated/α-hetero) is 1. The molecule has 0 spiro atoms. The first-order chi connectivity index (χ1) is 10.3. The number of aromatic nitrogens is 2. The van der Waals surface area contributed by atoms with Crippen LogP contribution in [0.1, 0.15) is 11.4 Å². The molecule has 0 aliphatic carbocycles. The van der Waals surface area contributed by atoms with E-state index < -0.39 is 0 Å². The van der Waals surface area contributed by atoms with Gasteiger partial charge in [0.1, 0.15) is 0 Å². The Balaban J connectivity index is 1.88. The molecule has 0 radical (unpaired) electrons. The Morgan fingerprint density at radius 2 is 1.38 bits per heavy atom. The van der Waals surface area contributed by atoms with Crippen LogP contribution in [0.2, 0.25) is 0 Å². The van der Waals surface area contributed by atoms with E-state index in [1.807, 2.05) is 36.4 Å². The van der Waals surface area contributed by atoms with Gasteiger partial charge < -0.3 is 4.74 Å². The number of nitrogens with zero attached hydrogens (tertiary/aromatic N) is 2. The van der Waals surface area contributed by atoms with Gasteiger partial charge in [0.15, 0.2) is 5.78 Å². The van der Waals surface area contributed by atoms with Gasteiger partial charge in [-0.25, -0.2) is 0 Å². The number of carbonyl (C=O) groups excluding carboxylic acids is 1. The molecule has 2 aromatic rings. The van der Waals surface area contributed by atoms with Crippen LogP contribution in [0.4, 0.5) is 0 Å². The lowest BCUT2D eigenvalue weighted by Crippen LogP contribution is -2.22. The van der Waals surface area contributed by atoms with Crippen molar-refractivity contribution in [2.75, 3.05) is 13.2 Å². The topological polar surface area (TPSA) is 52.1 Å². The second-order valence-electron chi connectivity index (χ2n) is 4.67. The number of ether oxygens (including phenoxy) is 1. The first kappa shape index (κ1) is 13.4. The fourth-order valence-electron chi connectivity index (χ4n) is 2.10. The lowest BCUT2D eigenvalue weighted by atomic mass is 10.00. The average Bonchev–Trinajstić information content (AvgIpc) is 2.53. The van der Waals surface area contributed by atoms with Crippen LogP contribution >= 0.6 is 0 Å². The van der Waals surface area contributed by atoms with E-state index in [2.05, 4.69) is 9.97 Å². The van der Waals surface area contributed by atoms with Gasteiger partial charge in [-0.05, 0) is 36.4 Å². The van der Waals surface area contributed by atoms with Crippen molar-refractivity contribution in [1.29, 1.82) is 0 Å². The van der Waals surface area contributed by atoms with Crippen LogP contribution < -0.4 is 0 Å². The first-order valence-electron chi connectivity index (χ1n) is 6.68. The molecule has 0 aromatic carbocycles. The highest BCUT2D eigenvalue weighted by Gasteiger charge is 2.21. The van der Waals surface area contributed by atoms with Crippen LogP contribution in [-0.4, -0.2) is 29.0 Å². The summed E-state index contributed by atoms with van der Waals surface area (Å²) in [5, 5.41) is 0. The van der Waals surface area contributed by atoms with E-state index >= 15 is 0 Å². The van der Waals surface area contributed by atoms with E-state index in [-0.39, 0.29) is 5.78 Å². The van der Waals surface area contributed by atoms with Crippen molar-refractivity contribution in [3.8, 4) is 0 Å². The van der Waals surface area contributed by atoms with Crippen molar-refractivity contribution >= 4 is 17.9 Å². The number of hydrogen-bond donors (Lipinski definition) is 0. The molecule has 4 nitrogen and oxygen atoms in total. The lowest BCUT2D eigenvalue weighted by molar-refractivity contribution is -0.114. The van der Waals surface area contributed by atoms with Gasteiger partial charge in [0.05, 0.1) is 24.6 Å². The normalized spacial score (nSPS) is 19.1. The molecule has 1 fully saturated rings. The molecule has 2 aromatic heterocycles. The Labute approximate surface area is 122 Å². The molecule has 0 amide bonds. The zero-order valence-electron chi connectivity index (χ0n) is 11.4. The number of rotatable bonds is 2. The standard InChI is InChI=1S/C17H14N2O2/c20-17-13(9-15-5-1-3-7-18-15)11-21-12-14(17)10-16-6-2-4-8-19-16/h1-10H,11-12H2. The summed E-state index contributed by atoms with van der Waals surface area (Å²) in [4.78, 5) is 20.9. The Kier molecular flexibility index (Phi) is 3.98. The van der Waals surface area contributed by atoms with E-state index in [0.717, 1.165) is 11.4 Å². The van der Waals surface area contributed by atoms with Crippen LogP contribution in [0.5, 0.6) is 0 Å².